The second-order valence-corrected chi connectivity index (χ2v) is 5.04. The molecule has 0 radical (unpaired) electrons. The van der Waals surface area contributed by atoms with Crippen molar-refractivity contribution in [3.63, 3.8) is 0 Å². The highest BCUT2D eigenvalue weighted by molar-refractivity contribution is 7.99. The number of hydrogen-bond acceptors (Lipinski definition) is 3. The average molecular weight is 218 g/mol. The molecule has 0 spiro atoms. The van der Waals surface area contributed by atoms with Gasteiger partial charge in [0.15, 0.2) is 0 Å². The van der Waals surface area contributed by atoms with Gasteiger partial charge in [-0.15, -0.1) is 11.8 Å². The van der Waals surface area contributed by atoms with Crippen LogP contribution in [0.25, 0.3) is 0 Å². The first-order chi connectivity index (χ1) is 7.38. The van der Waals surface area contributed by atoms with Crippen molar-refractivity contribution < 1.29 is 0 Å². The topological polar surface area (TPSA) is 36.7 Å². The summed E-state index contributed by atoms with van der Waals surface area (Å²) in [5.74, 6) is 2.07. The summed E-state index contributed by atoms with van der Waals surface area (Å²) in [5, 5.41) is 8.72. The molecule has 1 fully saturated rings. The summed E-state index contributed by atoms with van der Waals surface area (Å²) >= 11 is 1.86. The Balaban J connectivity index is 1.90. The van der Waals surface area contributed by atoms with Crippen LogP contribution in [0.1, 0.15) is 31.4 Å². The molecule has 1 aromatic heterocycles. The number of thioether (sulfide) groups is 1. The fourth-order valence-electron chi connectivity index (χ4n) is 1.95. The average Bonchev–Trinajstić information content (AvgIpc) is 2.79. The minimum Gasteiger partial charge on any atom is -0.245 e. The molecule has 2 nitrogen and oxygen atoms in total. The van der Waals surface area contributed by atoms with Crippen LogP contribution >= 0.6 is 11.8 Å². The van der Waals surface area contributed by atoms with Crippen molar-refractivity contribution in [2.45, 2.75) is 30.6 Å². The van der Waals surface area contributed by atoms with Crippen LogP contribution in [0.15, 0.2) is 23.2 Å². The van der Waals surface area contributed by atoms with Gasteiger partial charge in [0.2, 0.25) is 0 Å². The van der Waals surface area contributed by atoms with Crippen molar-refractivity contribution in [2.75, 3.05) is 5.75 Å². The second-order valence-electron chi connectivity index (χ2n) is 3.95. The van der Waals surface area contributed by atoms with Crippen molar-refractivity contribution in [3.05, 3.63) is 24.0 Å². The predicted molar refractivity (Wildman–Crippen MR) is 61.6 cm³/mol. The van der Waals surface area contributed by atoms with Crippen LogP contribution in [0.5, 0.6) is 0 Å². The molecule has 1 aliphatic carbocycles. The smallest absolute Gasteiger partial charge is 0.141 e. The van der Waals surface area contributed by atoms with E-state index >= 15 is 0 Å². The Morgan fingerprint density at radius 1 is 1.47 bits per heavy atom. The van der Waals surface area contributed by atoms with Gasteiger partial charge >= 0.3 is 0 Å². The molecular formula is C12H14N2S. The summed E-state index contributed by atoms with van der Waals surface area (Å²) in [4.78, 5) is 5.14. The van der Waals surface area contributed by atoms with E-state index in [0.29, 0.717) is 5.69 Å². The van der Waals surface area contributed by atoms with E-state index in [2.05, 4.69) is 11.1 Å². The van der Waals surface area contributed by atoms with Crippen LogP contribution in [0.4, 0.5) is 0 Å². The molecule has 1 aromatic rings. The zero-order chi connectivity index (χ0) is 10.5. The second kappa shape index (κ2) is 5.18. The molecule has 2 rings (SSSR count). The van der Waals surface area contributed by atoms with E-state index in [-0.39, 0.29) is 0 Å². The lowest BCUT2D eigenvalue weighted by Gasteiger charge is -2.07. The Morgan fingerprint density at radius 2 is 2.27 bits per heavy atom. The monoisotopic (exact) mass is 218 g/mol. The molecule has 78 valence electrons. The van der Waals surface area contributed by atoms with Gasteiger partial charge in [0.25, 0.3) is 0 Å². The molecule has 0 bridgehead atoms. The third-order valence-electron chi connectivity index (χ3n) is 2.81. The van der Waals surface area contributed by atoms with E-state index in [1.807, 2.05) is 23.9 Å². The van der Waals surface area contributed by atoms with Gasteiger partial charge in [-0.25, -0.2) is 4.98 Å². The van der Waals surface area contributed by atoms with E-state index < -0.39 is 0 Å². The molecule has 0 atom stereocenters. The summed E-state index contributed by atoms with van der Waals surface area (Å²) in [6.45, 7) is 0. The van der Waals surface area contributed by atoms with Crippen LogP contribution in [-0.4, -0.2) is 10.7 Å². The van der Waals surface area contributed by atoms with Crippen LogP contribution in [0.2, 0.25) is 0 Å². The highest BCUT2D eigenvalue weighted by atomic mass is 32.2. The van der Waals surface area contributed by atoms with Crippen LogP contribution < -0.4 is 0 Å². The van der Waals surface area contributed by atoms with E-state index in [1.54, 1.807) is 6.20 Å². The van der Waals surface area contributed by atoms with Crippen molar-refractivity contribution in [1.29, 1.82) is 5.26 Å². The van der Waals surface area contributed by atoms with Crippen molar-refractivity contribution in [1.82, 2.24) is 4.98 Å². The molecule has 1 aliphatic rings. The van der Waals surface area contributed by atoms with Crippen molar-refractivity contribution >= 4 is 11.8 Å². The Morgan fingerprint density at radius 3 is 3.00 bits per heavy atom. The molecule has 1 saturated carbocycles. The zero-order valence-corrected chi connectivity index (χ0v) is 9.46. The fraction of sp³-hybridized carbons (Fsp3) is 0.500. The third kappa shape index (κ3) is 2.97. The normalized spacial score (nSPS) is 16.5. The van der Waals surface area contributed by atoms with Crippen molar-refractivity contribution in [2.24, 2.45) is 5.92 Å². The number of nitriles is 1. The first-order valence-electron chi connectivity index (χ1n) is 5.37. The highest BCUT2D eigenvalue weighted by Crippen LogP contribution is 2.30. The molecule has 0 aromatic carbocycles. The Kier molecular flexibility index (Phi) is 3.63. The number of nitrogens with zero attached hydrogens (tertiary/aromatic N) is 2. The van der Waals surface area contributed by atoms with Gasteiger partial charge in [-0.2, -0.15) is 5.26 Å². The number of pyridine rings is 1. The Hall–Kier alpha value is -1.01. The minimum absolute atomic E-state index is 0.520. The highest BCUT2D eigenvalue weighted by Gasteiger charge is 2.14. The lowest BCUT2D eigenvalue weighted by Crippen LogP contribution is -1.96. The third-order valence-corrected chi connectivity index (χ3v) is 4.03. The zero-order valence-electron chi connectivity index (χ0n) is 8.65. The van der Waals surface area contributed by atoms with E-state index in [4.69, 9.17) is 5.26 Å². The minimum atomic E-state index is 0.520. The van der Waals surface area contributed by atoms with Crippen LogP contribution in [0.3, 0.4) is 0 Å². The van der Waals surface area contributed by atoms with Gasteiger partial charge in [-0.3, -0.25) is 0 Å². The molecule has 0 amide bonds. The summed E-state index contributed by atoms with van der Waals surface area (Å²) in [7, 11) is 0. The quantitative estimate of drug-likeness (QED) is 0.731. The van der Waals surface area contributed by atoms with E-state index in [1.165, 1.54) is 36.3 Å². The van der Waals surface area contributed by atoms with Gasteiger partial charge in [0, 0.05) is 16.8 Å². The Bertz CT molecular complexity index is 364. The van der Waals surface area contributed by atoms with E-state index in [9.17, 15) is 0 Å². The molecule has 0 aliphatic heterocycles. The molecule has 0 saturated heterocycles. The molecule has 1 heterocycles. The number of rotatable bonds is 3. The largest absolute Gasteiger partial charge is 0.245 e. The molecule has 15 heavy (non-hydrogen) atoms. The summed E-state index contributed by atoms with van der Waals surface area (Å²) in [6.07, 6.45) is 7.26. The van der Waals surface area contributed by atoms with Crippen LogP contribution in [-0.2, 0) is 0 Å². The predicted octanol–water partition coefficient (Wildman–Crippen LogP) is 3.24. The van der Waals surface area contributed by atoms with Gasteiger partial charge in [-0.05, 0) is 30.9 Å². The van der Waals surface area contributed by atoms with Gasteiger partial charge in [0.1, 0.15) is 11.8 Å². The molecular weight excluding hydrogens is 204 g/mol. The first-order valence-corrected chi connectivity index (χ1v) is 6.36. The van der Waals surface area contributed by atoms with Crippen LogP contribution in [0, 0.1) is 17.2 Å². The van der Waals surface area contributed by atoms with Gasteiger partial charge < -0.3 is 0 Å². The lowest BCUT2D eigenvalue weighted by atomic mass is 10.1. The molecule has 0 unspecified atom stereocenters. The molecule has 0 N–H and O–H groups in total. The standard InChI is InChI=1S/C12H14N2S/c13-8-11-7-12(5-6-14-11)15-9-10-3-1-2-4-10/h5-7,10H,1-4,9H2. The number of aromatic nitrogens is 1. The summed E-state index contributed by atoms with van der Waals surface area (Å²) in [5.41, 5.74) is 0.520. The maximum Gasteiger partial charge on any atom is 0.141 e. The SMILES string of the molecule is N#Cc1cc(SCC2CCCC2)ccn1. The Labute approximate surface area is 94.7 Å². The summed E-state index contributed by atoms with van der Waals surface area (Å²) in [6, 6.07) is 5.93. The molecule has 3 heteroatoms. The van der Waals surface area contributed by atoms with Gasteiger partial charge in [0.05, 0.1) is 0 Å². The maximum absolute atomic E-state index is 8.72. The van der Waals surface area contributed by atoms with E-state index in [0.717, 1.165) is 5.92 Å². The lowest BCUT2D eigenvalue weighted by molar-refractivity contribution is 0.623. The van der Waals surface area contributed by atoms with Crippen molar-refractivity contribution in [3.8, 4) is 6.07 Å². The first kappa shape index (κ1) is 10.5. The maximum atomic E-state index is 8.72. The number of hydrogen-bond donors (Lipinski definition) is 0. The summed E-state index contributed by atoms with van der Waals surface area (Å²) < 4.78 is 0. The van der Waals surface area contributed by atoms with Gasteiger partial charge in [-0.1, -0.05) is 12.8 Å². The fourth-order valence-corrected chi connectivity index (χ4v) is 3.07.